The van der Waals surface area contributed by atoms with Crippen LogP contribution in [0, 0.1) is 0 Å². The lowest BCUT2D eigenvalue weighted by Crippen LogP contribution is -2.29. The molecule has 1 aromatic carbocycles. The average molecular weight is 259 g/mol. The molecule has 0 amide bonds. The summed E-state index contributed by atoms with van der Waals surface area (Å²) in [4.78, 5) is 11.3. The van der Waals surface area contributed by atoms with Crippen LogP contribution in [0.15, 0.2) is 42.6 Å². The molecule has 2 rings (SSSR count). The molecule has 1 atom stereocenters. The van der Waals surface area contributed by atoms with Crippen LogP contribution in [0.4, 0.5) is 0 Å². The molecular formula is C14H17N3O2. The zero-order valence-electron chi connectivity index (χ0n) is 10.8. The minimum atomic E-state index is -0.881. The summed E-state index contributed by atoms with van der Waals surface area (Å²) in [6, 6.07) is 10.3. The zero-order valence-corrected chi connectivity index (χ0v) is 10.8. The van der Waals surface area contributed by atoms with Crippen molar-refractivity contribution in [3.8, 4) is 0 Å². The minimum absolute atomic E-state index is 0.472. The number of aryl methyl sites for hydroxylation is 1. The van der Waals surface area contributed by atoms with Gasteiger partial charge < -0.3 is 5.11 Å². The average Bonchev–Trinajstić information content (AvgIpc) is 2.87. The number of aromatic nitrogens is 2. The van der Waals surface area contributed by atoms with E-state index in [1.54, 1.807) is 6.20 Å². The molecule has 0 saturated carbocycles. The SMILES string of the molecule is CCn1nccc1CN[C@H](C(=O)O)c1ccccc1. The Morgan fingerprint density at radius 3 is 2.74 bits per heavy atom. The Labute approximate surface area is 111 Å². The number of hydrogen-bond donors (Lipinski definition) is 2. The Bertz CT molecular complexity index is 537. The number of carbonyl (C=O) groups is 1. The van der Waals surface area contributed by atoms with Crippen molar-refractivity contribution in [3.63, 3.8) is 0 Å². The third kappa shape index (κ3) is 3.20. The number of nitrogens with one attached hydrogen (secondary N) is 1. The largest absolute Gasteiger partial charge is 0.480 e. The van der Waals surface area contributed by atoms with Gasteiger partial charge in [-0.05, 0) is 18.6 Å². The van der Waals surface area contributed by atoms with E-state index >= 15 is 0 Å². The molecule has 0 aliphatic heterocycles. The maximum Gasteiger partial charge on any atom is 0.325 e. The topological polar surface area (TPSA) is 67.2 Å². The first-order valence-corrected chi connectivity index (χ1v) is 6.24. The zero-order chi connectivity index (χ0) is 13.7. The summed E-state index contributed by atoms with van der Waals surface area (Å²) in [6.07, 6.45) is 1.72. The van der Waals surface area contributed by atoms with Crippen LogP contribution in [0.2, 0.25) is 0 Å². The summed E-state index contributed by atoms with van der Waals surface area (Å²) in [6.45, 7) is 3.25. The fraction of sp³-hybridized carbons (Fsp3) is 0.286. The Morgan fingerprint density at radius 2 is 2.11 bits per heavy atom. The number of nitrogens with zero attached hydrogens (tertiary/aromatic N) is 2. The lowest BCUT2D eigenvalue weighted by molar-refractivity contribution is -0.139. The summed E-state index contributed by atoms with van der Waals surface area (Å²) in [5.41, 5.74) is 1.72. The molecule has 0 aliphatic carbocycles. The van der Waals surface area contributed by atoms with Crippen LogP contribution in [0.3, 0.4) is 0 Å². The predicted octanol–water partition coefficient (Wildman–Crippen LogP) is 1.82. The Hall–Kier alpha value is -2.14. The van der Waals surface area contributed by atoms with Crippen molar-refractivity contribution in [2.24, 2.45) is 0 Å². The van der Waals surface area contributed by atoms with Crippen molar-refractivity contribution in [2.75, 3.05) is 0 Å². The summed E-state index contributed by atoms with van der Waals surface area (Å²) in [5, 5.41) is 16.5. The van der Waals surface area contributed by atoms with Gasteiger partial charge in [0.2, 0.25) is 0 Å². The molecule has 0 spiro atoms. The van der Waals surface area contributed by atoms with Gasteiger partial charge in [0.15, 0.2) is 0 Å². The second kappa shape index (κ2) is 6.15. The summed E-state index contributed by atoms with van der Waals surface area (Å²) in [5.74, 6) is -0.881. The van der Waals surface area contributed by atoms with Crippen molar-refractivity contribution < 1.29 is 9.90 Å². The molecule has 0 saturated heterocycles. The highest BCUT2D eigenvalue weighted by atomic mass is 16.4. The molecule has 2 N–H and O–H groups in total. The van der Waals surface area contributed by atoms with Crippen molar-refractivity contribution in [3.05, 3.63) is 53.9 Å². The molecule has 0 fully saturated rings. The van der Waals surface area contributed by atoms with Gasteiger partial charge in [-0.1, -0.05) is 30.3 Å². The second-order valence-electron chi connectivity index (χ2n) is 4.20. The first-order valence-electron chi connectivity index (χ1n) is 6.24. The summed E-state index contributed by atoms with van der Waals surface area (Å²) < 4.78 is 1.84. The molecular weight excluding hydrogens is 242 g/mol. The number of benzene rings is 1. The van der Waals surface area contributed by atoms with Gasteiger partial charge >= 0.3 is 5.97 Å². The molecule has 100 valence electrons. The van der Waals surface area contributed by atoms with E-state index in [0.29, 0.717) is 6.54 Å². The van der Waals surface area contributed by atoms with Crippen molar-refractivity contribution >= 4 is 5.97 Å². The van der Waals surface area contributed by atoms with Gasteiger partial charge in [-0.3, -0.25) is 14.8 Å². The number of aliphatic carboxylic acids is 1. The minimum Gasteiger partial charge on any atom is -0.480 e. The van der Waals surface area contributed by atoms with Crippen LogP contribution >= 0.6 is 0 Å². The smallest absolute Gasteiger partial charge is 0.325 e. The van der Waals surface area contributed by atoms with Crippen LogP contribution in [0.1, 0.15) is 24.2 Å². The van der Waals surface area contributed by atoms with E-state index in [1.165, 1.54) is 0 Å². The van der Waals surface area contributed by atoms with Crippen molar-refractivity contribution in [2.45, 2.75) is 26.1 Å². The second-order valence-corrected chi connectivity index (χ2v) is 4.20. The quantitative estimate of drug-likeness (QED) is 0.830. The van der Waals surface area contributed by atoms with Crippen LogP contribution in [0.5, 0.6) is 0 Å². The fourth-order valence-corrected chi connectivity index (χ4v) is 1.99. The maximum atomic E-state index is 11.3. The van der Waals surface area contributed by atoms with Crippen LogP contribution in [0.25, 0.3) is 0 Å². The van der Waals surface area contributed by atoms with Crippen LogP contribution in [-0.2, 0) is 17.9 Å². The molecule has 5 nitrogen and oxygen atoms in total. The van der Waals surface area contributed by atoms with Crippen molar-refractivity contribution in [1.29, 1.82) is 0 Å². The Morgan fingerprint density at radius 1 is 1.37 bits per heavy atom. The van der Waals surface area contributed by atoms with Gasteiger partial charge in [-0.25, -0.2) is 0 Å². The highest BCUT2D eigenvalue weighted by Gasteiger charge is 2.19. The highest BCUT2D eigenvalue weighted by molar-refractivity contribution is 5.75. The van der Waals surface area contributed by atoms with Crippen LogP contribution < -0.4 is 5.32 Å². The molecule has 5 heteroatoms. The van der Waals surface area contributed by atoms with E-state index in [-0.39, 0.29) is 0 Å². The fourth-order valence-electron chi connectivity index (χ4n) is 1.99. The predicted molar refractivity (Wildman–Crippen MR) is 71.6 cm³/mol. The molecule has 0 radical (unpaired) electrons. The molecule has 2 aromatic rings. The maximum absolute atomic E-state index is 11.3. The molecule has 0 unspecified atom stereocenters. The first kappa shape index (κ1) is 13.3. The van der Waals surface area contributed by atoms with E-state index in [4.69, 9.17) is 0 Å². The molecule has 19 heavy (non-hydrogen) atoms. The van der Waals surface area contributed by atoms with E-state index in [1.807, 2.05) is 48.0 Å². The molecule has 1 aromatic heterocycles. The monoisotopic (exact) mass is 259 g/mol. The normalized spacial score (nSPS) is 12.3. The molecule has 1 heterocycles. The number of hydrogen-bond acceptors (Lipinski definition) is 3. The number of carboxylic acid groups (broad SMARTS) is 1. The van der Waals surface area contributed by atoms with Gasteiger partial charge in [0.05, 0.1) is 5.69 Å². The van der Waals surface area contributed by atoms with Gasteiger partial charge in [0, 0.05) is 19.3 Å². The van der Waals surface area contributed by atoms with Crippen molar-refractivity contribution in [1.82, 2.24) is 15.1 Å². The lowest BCUT2D eigenvalue weighted by atomic mass is 10.1. The molecule has 0 bridgehead atoms. The van der Waals surface area contributed by atoms with Gasteiger partial charge in [0.1, 0.15) is 6.04 Å². The van der Waals surface area contributed by atoms with Gasteiger partial charge in [-0.15, -0.1) is 0 Å². The highest BCUT2D eigenvalue weighted by Crippen LogP contribution is 2.13. The van der Waals surface area contributed by atoms with E-state index in [2.05, 4.69) is 10.4 Å². The standard InChI is InChI=1S/C14H17N3O2/c1-2-17-12(8-9-16-17)10-15-13(14(18)19)11-6-4-3-5-7-11/h3-9,13,15H,2,10H2,1H3,(H,18,19)/t13-/m0/s1. The van der Waals surface area contributed by atoms with Gasteiger partial charge in [0.25, 0.3) is 0 Å². The summed E-state index contributed by atoms with van der Waals surface area (Å²) in [7, 11) is 0. The summed E-state index contributed by atoms with van der Waals surface area (Å²) >= 11 is 0. The number of carboxylic acids is 1. The van der Waals surface area contributed by atoms with E-state index < -0.39 is 12.0 Å². The third-order valence-corrected chi connectivity index (χ3v) is 2.97. The van der Waals surface area contributed by atoms with E-state index in [0.717, 1.165) is 17.8 Å². The Kier molecular flexibility index (Phi) is 4.30. The lowest BCUT2D eigenvalue weighted by Gasteiger charge is -2.15. The first-order chi connectivity index (χ1) is 9.22. The third-order valence-electron chi connectivity index (χ3n) is 2.97. The number of rotatable bonds is 6. The van der Waals surface area contributed by atoms with Gasteiger partial charge in [-0.2, -0.15) is 5.10 Å². The molecule has 0 aliphatic rings. The van der Waals surface area contributed by atoms with Crippen LogP contribution in [-0.4, -0.2) is 20.9 Å². The Balaban J connectivity index is 2.09. The van der Waals surface area contributed by atoms with E-state index in [9.17, 15) is 9.90 Å².